The number of aliphatic hydroxyl groups is 1. The van der Waals surface area contributed by atoms with E-state index in [1.54, 1.807) is 36.0 Å². The number of hydrogen-bond donors (Lipinski definition) is 3. The molecular formula is C29H29Cl3N2O5S. The van der Waals surface area contributed by atoms with Crippen LogP contribution in [-0.4, -0.2) is 32.6 Å². The lowest BCUT2D eigenvalue weighted by molar-refractivity contribution is -0.268. The lowest BCUT2D eigenvalue weighted by Gasteiger charge is -2.41. The number of ether oxygens (including phenoxy) is 2. The molecule has 40 heavy (non-hydrogen) atoms. The third kappa shape index (κ3) is 8.13. The number of rotatable bonds is 8. The third-order valence-corrected chi connectivity index (χ3v) is 8.03. The van der Waals surface area contributed by atoms with Gasteiger partial charge in [0, 0.05) is 40.4 Å². The Bertz CT molecular complexity index is 1300. The first-order valence-corrected chi connectivity index (χ1v) is 14.6. The number of halogens is 3. The van der Waals surface area contributed by atoms with Crippen LogP contribution in [0.5, 0.6) is 0 Å². The lowest BCUT2D eigenvalue weighted by Crippen LogP contribution is -2.38. The maximum Gasteiger partial charge on any atom is 0.276 e. The summed E-state index contributed by atoms with van der Waals surface area (Å²) >= 11 is 18.6. The van der Waals surface area contributed by atoms with Crippen LogP contribution in [0.3, 0.4) is 0 Å². The highest BCUT2D eigenvalue weighted by molar-refractivity contribution is 7.99. The van der Waals surface area contributed by atoms with Crippen molar-refractivity contribution in [2.75, 3.05) is 16.4 Å². The van der Waals surface area contributed by atoms with Gasteiger partial charge in [-0.05, 0) is 47.5 Å². The van der Waals surface area contributed by atoms with Crippen molar-refractivity contribution in [1.29, 1.82) is 0 Å². The van der Waals surface area contributed by atoms with Crippen LogP contribution in [-0.2, 0) is 25.7 Å². The van der Waals surface area contributed by atoms with Crippen LogP contribution < -0.4 is 10.6 Å². The summed E-state index contributed by atoms with van der Waals surface area (Å²) in [5.41, 5.74) is 3.79. The zero-order valence-electron chi connectivity index (χ0n) is 21.8. The number of aliphatic hydroxyl groups excluding tert-OH is 1. The summed E-state index contributed by atoms with van der Waals surface area (Å²) in [7, 11) is 0. The van der Waals surface area contributed by atoms with Crippen molar-refractivity contribution in [3.63, 3.8) is 0 Å². The van der Waals surface area contributed by atoms with Gasteiger partial charge in [0.1, 0.15) is 0 Å². The van der Waals surface area contributed by atoms with E-state index < -0.39 is 16.0 Å². The van der Waals surface area contributed by atoms with Crippen molar-refractivity contribution in [2.45, 2.75) is 47.6 Å². The van der Waals surface area contributed by atoms with Crippen LogP contribution in [0.25, 0.3) is 0 Å². The molecule has 0 unspecified atom stereocenters. The van der Waals surface area contributed by atoms with E-state index in [-0.39, 0.29) is 30.6 Å². The molecule has 1 aliphatic rings. The Hall–Kier alpha value is -2.30. The van der Waals surface area contributed by atoms with Gasteiger partial charge in [-0.3, -0.25) is 9.59 Å². The van der Waals surface area contributed by atoms with Gasteiger partial charge in [0.2, 0.25) is 5.91 Å². The van der Waals surface area contributed by atoms with Crippen LogP contribution in [0.1, 0.15) is 42.9 Å². The second kappa shape index (κ2) is 13.6. The fraction of sp³-hybridized carbons (Fsp3) is 0.310. The van der Waals surface area contributed by atoms with E-state index in [0.29, 0.717) is 11.4 Å². The number of carbonyl (C=O) groups excluding carboxylic acids is 2. The summed E-state index contributed by atoms with van der Waals surface area (Å²) in [5.74, 6) is -0.180. The SMILES string of the molecule is CC(=O)Nc1ccc(SC[C@@H]2O[C@H](c3ccc(NC(=O)C(Cl)(Cl)Cl)cc3)O[C@H](c3ccc(CO)cc3)[C@@H]2C)cc1. The van der Waals surface area contributed by atoms with Crippen LogP contribution in [0.4, 0.5) is 11.4 Å². The molecule has 2 amide bonds. The molecule has 0 aliphatic carbocycles. The molecule has 3 aromatic rings. The molecule has 11 heteroatoms. The van der Waals surface area contributed by atoms with E-state index in [9.17, 15) is 14.7 Å². The summed E-state index contributed by atoms with van der Waals surface area (Å²) in [5, 5.41) is 14.8. The number of benzene rings is 3. The fourth-order valence-electron chi connectivity index (χ4n) is 4.25. The fourth-order valence-corrected chi connectivity index (χ4v) is 5.46. The molecule has 1 fully saturated rings. The van der Waals surface area contributed by atoms with Gasteiger partial charge >= 0.3 is 0 Å². The smallest absolute Gasteiger partial charge is 0.276 e. The zero-order chi connectivity index (χ0) is 28.9. The predicted molar refractivity (Wildman–Crippen MR) is 160 cm³/mol. The van der Waals surface area contributed by atoms with Crippen molar-refractivity contribution in [3.05, 3.63) is 89.5 Å². The molecule has 1 saturated heterocycles. The first kappa shape index (κ1) is 30.7. The minimum Gasteiger partial charge on any atom is -0.392 e. The van der Waals surface area contributed by atoms with Crippen molar-refractivity contribution in [1.82, 2.24) is 0 Å². The number of thioether (sulfide) groups is 1. The van der Waals surface area contributed by atoms with Crippen LogP contribution in [0.15, 0.2) is 77.7 Å². The number of carbonyl (C=O) groups is 2. The second-order valence-electron chi connectivity index (χ2n) is 9.41. The molecule has 0 saturated carbocycles. The first-order chi connectivity index (χ1) is 19.0. The Morgan fingerprint density at radius 2 is 1.45 bits per heavy atom. The summed E-state index contributed by atoms with van der Waals surface area (Å²) in [6.45, 7) is 3.54. The minimum atomic E-state index is -2.07. The maximum atomic E-state index is 12.0. The maximum absolute atomic E-state index is 12.0. The molecule has 1 aliphatic heterocycles. The standard InChI is InChI=1S/C29H29Cl3N2O5S/c1-17-25(16-40-24-13-11-22(12-14-24)33-18(2)36)38-27(39-26(17)20-5-3-19(15-35)4-6-20)21-7-9-23(10-8-21)34-28(37)29(30,31)32/h3-14,17,25-27,35H,15-16H2,1-2H3,(H,33,36)(H,34,37)/t17-,25+,26+,27+/m1/s1. The minimum absolute atomic E-state index is 0.0187. The Labute approximate surface area is 252 Å². The van der Waals surface area contributed by atoms with E-state index in [1.807, 2.05) is 48.5 Å². The quantitative estimate of drug-likeness (QED) is 0.184. The second-order valence-corrected chi connectivity index (χ2v) is 12.8. The monoisotopic (exact) mass is 622 g/mol. The molecule has 0 bridgehead atoms. The Kier molecular flexibility index (Phi) is 10.4. The average Bonchev–Trinajstić information content (AvgIpc) is 2.93. The average molecular weight is 624 g/mol. The zero-order valence-corrected chi connectivity index (χ0v) is 24.9. The highest BCUT2D eigenvalue weighted by Gasteiger charge is 2.38. The number of hydrogen-bond acceptors (Lipinski definition) is 6. The number of anilines is 2. The van der Waals surface area contributed by atoms with Crippen LogP contribution in [0, 0.1) is 5.92 Å². The van der Waals surface area contributed by atoms with Gasteiger partial charge in [-0.15, -0.1) is 11.8 Å². The van der Waals surface area contributed by atoms with Crippen molar-refractivity contribution in [3.8, 4) is 0 Å². The summed E-state index contributed by atoms with van der Waals surface area (Å²) in [6, 6.07) is 22.4. The van der Waals surface area contributed by atoms with Crippen molar-refractivity contribution < 1.29 is 24.2 Å². The molecule has 212 valence electrons. The van der Waals surface area contributed by atoms with Crippen molar-refractivity contribution >= 4 is 69.8 Å². The molecule has 7 nitrogen and oxygen atoms in total. The predicted octanol–water partition coefficient (Wildman–Crippen LogP) is 7.03. The highest BCUT2D eigenvalue weighted by atomic mass is 35.6. The summed E-state index contributed by atoms with van der Waals surface area (Å²) in [6.07, 6.45) is -1.09. The highest BCUT2D eigenvalue weighted by Crippen LogP contribution is 2.43. The molecule has 0 aromatic heterocycles. The topological polar surface area (TPSA) is 96.9 Å². The summed E-state index contributed by atoms with van der Waals surface area (Å²) in [4.78, 5) is 24.4. The normalized spacial score (nSPS) is 21.1. The lowest BCUT2D eigenvalue weighted by atomic mass is 9.91. The third-order valence-electron chi connectivity index (χ3n) is 6.41. The van der Waals surface area contributed by atoms with E-state index in [2.05, 4.69) is 17.6 Å². The molecule has 3 N–H and O–H groups in total. The van der Waals surface area contributed by atoms with Gasteiger partial charge in [0.15, 0.2) is 6.29 Å². The van der Waals surface area contributed by atoms with Crippen LogP contribution in [0.2, 0.25) is 0 Å². The molecule has 4 rings (SSSR count). The van der Waals surface area contributed by atoms with Gasteiger partial charge in [-0.2, -0.15) is 0 Å². The Morgan fingerprint density at radius 1 is 0.875 bits per heavy atom. The number of alkyl halides is 3. The largest absolute Gasteiger partial charge is 0.392 e. The molecule has 4 atom stereocenters. The van der Waals surface area contributed by atoms with Crippen molar-refractivity contribution in [2.24, 2.45) is 5.92 Å². The van der Waals surface area contributed by atoms with Gasteiger partial charge in [-0.25, -0.2) is 0 Å². The number of nitrogens with one attached hydrogen (secondary N) is 2. The molecule has 0 spiro atoms. The molecular weight excluding hydrogens is 595 g/mol. The van der Waals surface area contributed by atoms with Gasteiger partial charge < -0.3 is 25.2 Å². The van der Waals surface area contributed by atoms with E-state index in [0.717, 1.165) is 27.3 Å². The van der Waals surface area contributed by atoms with Crippen LogP contribution >= 0.6 is 46.6 Å². The van der Waals surface area contributed by atoms with E-state index >= 15 is 0 Å². The van der Waals surface area contributed by atoms with Gasteiger partial charge in [-0.1, -0.05) is 78.1 Å². The van der Waals surface area contributed by atoms with Gasteiger partial charge in [0.25, 0.3) is 9.70 Å². The summed E-state index contributed by atoms with van der Waals surface area (Å²) < 4.78 is 10.9. The molecule has 3 aromatic carbocycles. The number of amides is 2. The molecule has 1 heterocycles. The van der Waals surface area contributed by atoms with Gasteiger partial charge in [0.05, 0.1) is 18.8 Å². The van der Waals surface area contributed by atoms with E-state index in [4.69, 9.17) is 44.3 Å². The molecule has 0 radical (unpaired) electrons. The first-order valence-electron chi connectivity index (χ1n) is 12.5. The Morgan fingerprint density at radius 3 is 2.02 bits per heavy atom. The Balaban J connectivity index is 1.52. The van der Waals surface area contributed by atoms with E-state index in [1.165, 1.54) is 6.92 Å².